The molecule has 1 aliphatic carbocycles. The summed E-state index contributed by atoms with van der Waals surface area (Å²) in [7, 11) is 3.90. The van der Waals surface area contributed by atoms with Crippen molar-refractivity contribution in [1.29, 1.82) is 5.53 Å². The van der Waals surface area contributed by atoms with E-state index in [0.717, 1.165) is 17.5 Å². The molecule has 3 aromatic rings. The third kappa shape index (κ3) is 5.53. The highest BCUT2D eigenvalue weighted by Crippen LogP contribution is 2.45. The van der Waals surface area contributed by atoms with Crippen LogP contribution >= 0.6 is 0 Å². The number of carboxylic acid groups (broad SMARTS) is 1. The van der Waals surface area contributed by atoms with Gasteiger partial charge in [-0.25, -0.2) is 10.5 Å². The van der Waals surface area contributed by atoms with Crippen LogP contribution in [0, 0.1) is 23.8 Å². The molecule has 0 spiro atoms. The lowest BCUT2D eigenvalue weighted by Crippen LogP contribution is -2.53. The second-order valence-corrected chi connectivity index (χ2v) is 11.8. The fourth-order valence-electron chi connectivity index (χ4n) is 5.60. The van der Waals surface area contributed by atoms with Crippen molar-refractivity contribution in [3.05, 3.63) is 59.8 Å². The molecular weight excluding hydrogens is 548 g/mol. The zero-order valence-corrected chi connectivity index (χ0v) is 24.5. The molecule has 2 aliphatic rings. The van der Waals surface area contributed by atoms with Gasteiger partial charge in [0.2, 0.25) is 5.95 Å². The summed E-state index contributed by atoms with van der Waals surface area (Å²) >= 11 is 0. The van der Waals surface area contributed by atoms with Crippen LogP contribution in [0.2, 0.25) is 0 Å². The Kier molecular flexibility index (Phi) is 7.90. The summed E-state index contributed by atoms with van der Waals surface area (Å²) < 4.78 is 0. The number of aromatic nitrogens is 2. The molecule has 2 aromatic carbocycles. The first kappa shape index (κ1) is 29.0. The third-order valence-corrected chi connectivity index (χ3v) is 8.88. The largest absolute Gasteiger partial charge is 0.481 e. The average molecular weight is 582 g/mol. The first-order chi connectivity index (χ1) is 20.0. The minimum absolute atomic E-state index is 0.275. The molecule has 11 nitrogen and oxygen atoms in total. The van der Waals surface area contributed by atoms with Crippen molar-refractivity contribution in [2.75, 3.05) is 33.9 Å². The number of benzene rings is 2. The van der Waals surface area contributed by atoms with Crippen molar-refractivity contribution in [3.8, 4) is 12.3 Å². The Balaban J connectivity index is 1.53. The molecule has 1 fully saturated rings. The van der Waals surface area contributed by atoms with E-state index in [9.17, 15) is 15.0 Å². The highest BCUT2D eigenvalue weighted by atomic mass is 28.1. The Hall–Kier alpha value is -4.47. The van der Waals surface area contributed by atoms with Crippen LogP contribution in [-0.2, 0) is 16.4 Å². The van der Waals surface area contributed by atoms with Gasteiger partial charge in [-0.2, -0.15) is 10.1 Å². The van der Waals surface area contributed by atoms with Gasteiger partial charge in [0.05, 0.1) is 50.5 Å². The van der Waals surface area contributed by atoms with E-state index in [1.165, 1.54) is 0 Å². The van der Waals surface area contributed by atoms with Gasteiger partial charge >= 0.3 is 5.97 Å². The summed E-state index contributed by atoms with van der Waals surface area (Å²) in [5.74, 6) is 1.98. The highest BCUT2D eigenvalue weighted by Gasteiger charge is 2.51. The Morgan fingerprint density at radius 1 is 1.33 bits per heavy atom. The lowest BCUT2D eigenvalue weighted by molar-refractivity contribution is -0.141. The van der Waals surface area contributed by atoms with Crippen LogP contribution in [0.1, 0.15) is 37.8 Å². The Morgan fingerprint density at radius 3 is 2.86 bits per heavy atom. The molecule has 3 radical (unpaired) electrons. The van der Waals surface area contributed by atoms with Crippen molar-refractivity contribution in [2.24, 2.45) is 11.0 Å². The summed E-state index contributed by atoms with van der Waals surface area (Å²) in [6, 6.07) is 12.8. The smallest absolute Gasteiger partial charge is 0.308 e. The number of hydrogen-bond donors (Lipinski definition) is 6. The van der Waals surface area contributed by atoms with E-state index < -0.39 is 22.7 Å². The lowest BCUT2D eigenvalue weighted by atomic mass is 9.95. The van der Waals surface area contributed by atoms with E-state index in [1.807, 2.05) is 36.1 Å². The van der Waals surface area contributed by atoms with Gasteiger partial charge in [0.15, 0.2) is 5.82 Å². The molecule has 0 bridgehead atoms. The first-order valence-electron chi connectivity index (χ1n) is 13.7. The van der Waals surface area contributed by atoms with Gasteiger partial charge in [0, 0.05) is 25.2 Å². The maximum absolute atomic E-state index is 11.8. The van der Waals surface area contributed by atoms with Gasteiger partial charge in [0.25, 0.3) is 0 Å². The monoisotopic (exact) mass is 581 g/mol. The number of anilines is 5. The van der Waals surface area contributed by atoms with Crippen molar-refractivity contribution in [3.63, 3.8) is 0 Å². The Labute approximate surface area is 248 Å². The number of fused-ring (bicyclic) bond motifs is 1. The summed E-state index contributed by atoms with van der Waals surface area (Å²) in [5, 5.41) is 33.6. The van der Waals surface area contributed by atoms with Crippen molar-refractivity contribution < 1.29 is 15.0 Å². The number of terminal acetylenes is 1. The van der Waals surface area contributed by atoms with E-state index in [4.69, 9.17) is 16.9 Å². The number of carbonyl (C=O) groups is 1. The molecule has 12 heteroatoms. The zero-order valence-electron chi connectivity index (χ0n) is 23.5. The second kappa shape index (κ2) is 11.4. The van der Waals surface area contributed by atoms with Gasteiger partial charge in [-0.05, 0) is 56.0 Å². The van der Waals surface area contributed by atoms with Crippen LogP contribution < -0.4 is 20.9 Å². The Morgan fingerprint density at radius 2 is 2.12 bits per heavy atom. The number of rotatable bonds is 9. The predicted octanol–water partition coefficient (Wildman–Crippen LogP) is 4.36. The van der Waals surface area contributed by atoms with Gasteiger partial charge in [-0.3, -0.25) is 4.79 Å². The lowest BCUT2D eigenvalue weighted by Gasteiger charge is -2.40. The number of aliphatic carboxylic acids is 1. The molecule has 215 valence electrons. The molecule has 1 unspecified atom stereocenters. The first-order valence-corrected chi connectivity index (χ1v) is 14.2. The number of hydrogen-bond acceptors (Lipinski definition) is 10. The quantitative estimate of drug-likeness (QED) is 0.123. The molecule has 2 heterocycles. The topological polar surface area (TPSA) is 159 Å². The number of aliphatic hydroxyl groups is 1. The van der Waals surface area contributed by atoms with Gasteiger partial charge in [0.1, 0.15) is 5.69 Å². The van der Waals surface area contributed by atoms with Gasteiger partial charge in [-0.1, -0.05) is 30.2 Å². The molecule has 0 saturated carbocycles. The summed E-state index contributed by atoms with van der Waals surface area (Å²) in [6.07, 6.45) is 8.94. The second-order valence-electron chi connectivity index (χ2n) is 11.0. The molecule has 1 aromatic heterocycles. The maximum atomic E-state index is 11.8. The van der Waals surface area contributed by atoms with Crippen LogP contribution in [0.25, 0.3) is 0 Å². The SMILES string of the molecule is C#C[C@H](C)Nc1cc(Nc2ncc(N3CCC[C@H](C(=O)O)C3)c(N[C@@]3([Si])c4ccccc4CC3(C)O)n2)ccc1N=N. The number of carboxylic acids is 1. The molecule has 6 N–H and O–H groups in total. The summed E-state index contributed by atoms with van der Waals surface area (Å²) in [5.41, 5.74) is 10.5. The van der Waals surface area contributed by atoms with E-state index >= 15 is 0 Å². The maximum Gasteiger partial charge on any atom is 0.308 e. The minimum atomic E-state index is -1.21. The third-order valence-electron chi connectivity index (χ3n) is 7.95. The van der Waals surface area contributed by atoms with E-state index in [2.05, 4.69) is 42.2 Å². The molecule has 5 rings (SSSR count). The fourth-order valence-corrected chi connectivity index (χ4v) is 6.05. The Bertz CT molecular complexity index is 1560. The molecule has 1 saturated heterocycles. The van der Waals surface area contributed by atoms with Crippen LogP contribution in [0.3, 0.4) is 0 Å². The molecule has 4 atom stereocenters. The molecular formula is C30H33N8O3Si. The van der Waals surface area contributed by atoms with Gasteiger partial charge < -0.3 is 31.1 Å². The van der Waals surface area contributed by atoms with Crippen LogP contribution in [-0.4, -0.2) is 61.1 Å². The van der Waals surface area contributed by atoms with Gasteiger partial charge in [-0.15, -0.1) is 6.42 Å². The van der Waals surface area contributed by atoms with E-state index in [0.29, 0.717) is 54.5 Å². The minimum Gasteiger partial charge on any atom is -0.481 e. The van der Waals surface area contributed by atoms with Crippen LogP contribution in [0.15, 0.2) is 53.8 Å². The number of piperidine rings is 1. The van der Waals surface area contributed by atoms with Crippen LogP contribution in [0.5, 0.6) is 0 Å². The standard InChI is InChI=1S/C30H33N8O3Si/c1-4-18(2)33-24-14-21(11-12-23(24)37-31)34-28-32-16-25(38-13-7-9-20(17-38)27(39)40)26(35-28)36-30(42)22-10-6-5-8-19(22)15-29(30,3)41/h1,5-6,8,10-12,14,16,18,20,31,33,41H,7,9,13,15,17H2,2-3H3,(H,39,40)(H2,32,34,35,36)/t18-,20-,29?,30+/m0/s1. The highest BCUT2D eigenvalue weighted by molar-refractivity contribution is 6.19. The zero-order chi connectivity index (χ0) is 30.1. The summed E-state index contributed by atoms with van der Waals surface area (Å²) in [4.78, 5) is 23.2. The summed E-state index contributed by atoms with van der Waals surface area (Å²) in [6.45, 7) is 4.56. The van der Waals surface area contributed by atoms with E-state index in [-0.39, 0.29) is 12.0 Å². The van der Waals surface area contributed by atoms with Crippen LogP contribution in [0.4, 0.5) is 34.5 Å². The molecule has 0 amide bonds. The normalized spacial score (nSPS) is 23.8. The van der Waals surface area contributed by atoms with Crippen molar-refractivity contribution >= 4 is 50.7 Å². The van der Waals surface area contributed by atoms with Crippen molar-refractivity contribution in [1.82, 2.24) is 9.97 Å². The fraction of sp³-hybridized carbons (Fsp3) is 0.367. The number of nitrogens with one attached hydrogen (secondary N) is 4. The molecule has 42 heavy (non-hydrogen) atoms. The van der Waals surface area contributed by atoms with E-state index in [1.54, 1.807) is 31.3 Å². The predicted molar refractivity (Wildman–Crippen MR) is 163 cm³/mol. The average Bonchev–Trinajstić information content (AvgIpc) is 3.17. The number of nitrogens with zero attached hydrogens (tertiary/aromatic N) is 4. The molecule has 1 aliphatic heterocycles. The van der Waals surface area contributed by atoms with Crippen molar-refractivity contribution in [2.45, 2.75) is 49.9 Å².